The van der Waals surface area contributed by atoms with Gasteiger partial charge in [0.2, 0.25) is 0 Å². The molecule has 0 saturated carbocycles. The van der Waals surface area contributed by atoms with Crippen LogP contribution in [-0.2, 0) is 6.18 Å². The fourth-order valence-corrected chi connectivity index (χ4v) is 3.37. The Labute approximate surface area is 128 Å². The topological polar surface area (TPSA) is 12.0 Å². The van der Waals surface area contributed by atoms with Crippen molar-refractivity contribution in [2.24, 2.45) is 0 Å². The van der Waals surface area contributed by atoms with Crippen LogP contribution in [0, 0.1) is 12.7 Å². The summed E-state index contributed by atoms with van der Waals surface area (Å²) in [5, 5.41) is 2.84. The number of alkyl halides is 3. The molecule has 2 aromatic rings. The monoisotopic (exact) mass is 337 g/mol. The first-order chi connectivity index (χ1) is 9.74. The summed E-state index contributed by atoms with van der Waals surface area (Å²) in [7, 11) is 1.56. The molecular formula is C14H12ClF4NS. The van der Waals surface area contributed by atoms with Crippen LogP contribution in [0.25, 0.3) is 0 Å². The van der Waals surface area contributed by atoms with Gasteiger partial charge in [-0.1, -0.05) is 11.6 Å². The van der Waals surface area contributed by atoms with E-state index in [1.807, 2.05) is 0 Å². The van der Waals surface area contributed by atoms with Crippen molar-refractivity contribution >= 4 is 22.9 Å². The lowest BCUT2D eigenvalue weighted by Gasteiger charge is -2.18. The van der Waals surface area contributed by atoms with Gasteiger partial charge < -0.3 is 5.32 Å². The summed E-state index contributed by atoms with van der Waals surface area (Å²) in [6.45, 7) is 1.79. The number of benzene rings is 1. The Morgan fingerprint density at radius 1 is 1.24 bits per heavy atom. The van der Waals surface area contributed by atoms with Gasteiger partial charge in [-0.15, -0.1) is 11.3 Å². The van der Waals surface area contributed by atoms with Crippen molar-refractivity contribution in [3.8, 4) is 0 Å². The standard InChI is InChI=1S/C14H12ClF4NS/c1-7-5-11(21-13(7)15)12(20-2)9-6-8(14(17,18)19)3-4-10(9)16/h3-6,12,20H,1-2H3. The molecule has 1 heterocycles. The Morgan fingerprint density at radius 3 is 2.38 bits per heavy atom. The molecule has 114 valence electrons. The van der Waals surface area contributed by atoms with Gasteiger partial charge >= 0.3 is 6.18 Å². The van der Waals surface area contributed by atoms with Gasteiger partial charge in [0.05, 0.1) is 15.9 Å². The maximum absolute atomic E-state index is 14.0. The lowest BCUT2D eigenvalue weighted by atomic mass is 10.0. The van der Waals surface area contributed by atoms with E-state index in [1.165, 1.54) is 11.3 Å². The van der Waals surface area contributed by atoms with Crippen molar-refractivity contribution < 1.29 is 17.6 Å². The third kappa shape index (κ3) is 3.39. The van der Waals surface area contributed by atoms with E-state index < -0.39 is 23.6 Å². The van der Waals surface area contributed by atoms with Crippen LogP contribution in [0.1, 0.15) is 27.6 Å². The van der Waals surface area contributed by atoms with Crippen molar-refractivity contribution in [1.29, 1.82) is 0 Å². The Hall–Kier alpha value is -1.11. The van der Waals surface area contributed by atoms with Crippen molar-refractivity contribution in [2.75, 3.05) is 7.05 Å². The van der Waals surface area contributed by atoms with Crippen LogP contribution in [0.5, 0.6) is 0 Å². The smallest absolute Gasteiger partial charge is 0.309 e. The van der Waals surface area contributed by atoms with E-state index in [-0.39, 0.29) is 5.56 Å². The molecular weight excluding hydrogens is 326 g/mol. The molecule has 0 bridgehead atoms. The van der Waals surface area contributed by atoms with Gasteiger partial charge in [-0.25, -0.2) is 4.39 Å². The minimum Gasteiger partial charge on any atom is -0.309 e. The molecule has 0 aliphatic heterocycles. The van der Waals surface area contributed by atoms with Crippen molar-refractivity contribution in [3.05, 3.63) is 56.0 Å². The molecule has 0 fully saturated rings. The molecule has 7 heteroatoms. The van der Waals surface area contributed by atoms with Crippen LogP contribution < -0.4 is 5.32 Å². The molecule has 1 aromatic heterocycles. The summed E-state index contributed by atoms with van der Waals surface area (Å²) in [6.07, 6.45) is -4.51. The van der Waals surface area contributed by atoms with Gasteiger partial charge in [0, 0.05) is 10.4 Å². The normalized spacial score (nSPS) is 13.5. The third-order valence-electron chi connectivity index (χ3n) is 3.08. The number of hydrogen-bond donors (Lipinski definition) is 1. The van der Waals surface area contributed by atoms with E-state index >= 15 is 0 Å². The fraction of sp³-hybridized carbons (Fsp3) is 0.286. The Kier molecular flexibility index (Phi) is 4.60. The van der Waals surface area contributed by atoms with E-state index in [0.717, 1.165) is 23.8 Å². The van der Waals surface area contributed by atoms with Gasteiger partial charge in [-0.3, -0.25) is 0 Å². The lowest BCUT2D eigenvalue weighted by molar-refractivity contribution is -0.137. The van der Waals surface area contributed by atoms with Crippen LogP contribution in [0.4, 0.5) is 17.6 Å². The van der Waals surface area contributed by atoms with E-state index in [0.29, 0.717) is 9.21 Å². The van der Waals surface area contributed by atoms with Crippen LogP contribution in [0.3, 0.4) is 0 Å². The third-order valence-corrected chi connectivity index (χ3v) is 4.70. The van der Waals surface area contributed by atoms with Crippen LogP contribution >= 0.6 is 22.9 Å². The zero-order valence-corrected chi connectivity index (χ0v) is 12.8. The van der Waals surface area contributed by atoms with Gasteiger partial charge in [0.15, 0.2) is 0 Å². The average molecular weight is 338 g/mol. The van der Waals surface area contributed by atoms with Gasteiger partial charge in [-0.2, -0.15) is 13.2 Å². The zero-order chi connectivity index (χ0) is 15.8. The molecule has 0 spiro atoms. The van der Waals surface area contributed by atoms with E-state index in [1.54, 1.807) is 20.0 Å². The molecule has 21 heavy (non-hydrogen) atoms. The van der Waals surface area contributed by atoms with Gasteiger partial charge in [0.25, 0.3) is 0 Å². The summed E-state index contributed by atoms with van der Waals surface area (Å²) < 4.78 is 52.8. The number of aryl methyl sites for hydroxylation is 1. The predicted octanol–water partition coefficient (Wildman–Crippen LogP) is 5.18. The molecule has 0 radical (unpaired) electrons. The molecule has 1 atom stereocenters. The molecule has 2 rings (SSSR count). The van der Waals surface area contributed by atoms with E-state index in [9.17, 15) is 17.6 Å². The number of halogens is 5. The van der Waals surface area contributed by atoms with Crippen LogP contribution in [-0.4, -0.2) is 7.05 Å². The molecule has 1 nitrogen and oxygen atoms in total. The summed E-state index contributed by atoms with van der Waals surface area (Å²) in [4.78, 5) is 0.665. The maximum Gasteiger partial charge on any atom is 0.416 e. The fourth-order valence-electron chi connectivity index (χ4n) is 2.02. The summed E-state index contributed by atoms with van der Waals surface area (Å²) in [5.41, 5.74) is -0.118. The average Bonchev–Trinajstić information content (AvgIpc) is 2.71. The molecule has 0 saturated heterocycles. The van der Waals surface area contributed by atoms with Crippen LogP contribution in [0.15, 0.2) is 24.3 Å². The zero-order valence-electron chi connectivity index (χ0n) is 11.2. The predicted molar refractivity (Wildman–Crippen MR) is 76.4 cm³/mol. The molecule has 0 aliphatic rings. The quantitative estimate of drug-likeness (QED) is 0.761. The van der Waals surface area contributed by atoms with E-state index in [4.69, 9.17) is 11.6 Å². The maximum atomic E-state index is 14.0. The minimum atomic E-state index is -4.51. The van der Waals surface area contributed by atoms with Crippen molar-refractivity contribution in [3.63, 3.8) is 0 Å². The number of thiophene rings is 1. The highest BCUT2D eigenvalue weighted by molar-refractivity contribution is 7.16. The Morgan fingerprint density at radius 2 is 1.90 bits per heavy atom. The van der Waals surface area contributed by atoms with Gasteiger partial charge in [-0.05, 0) is 43.8 Å². The van der Waals surface area contributed by atoms with Gasteiger partial charge in [0.1, 0.15) is 5.82 Å². The molecule has 0 amide bonds. The Bertz CT molecular complexity index is 631. The summed E-state index contributed by atoms with van der Waals surface area (Å²) in [6, 6.07) is 3.47. The summed E-state index contributed by atoms with van der Waals surface area (Å²) >= 11 is 7.20. The largest absolute Gasteiger partial charge is 0.416 e. The number of rotatable bonds is 3. The minimum absolute atomic E-state index is 0.0507. The number of hydrogen-bond acceptors (Lipinski definition) is 2. The second-order valence-electron chi connectivity index (χ2n) is 4.56. The molecule has 0 aliphatic carbocycles. The second-order valence-corrected chi connectivity index (χ2v) is 6.25. The second kappa shape index (κ2) is 5.94. The highest BCUT2D eigenvalue weighted by Crippen LogP contribution is 2.37. The molecule has 1 unspecified atom stereocenters. The molecule has 1 N–H and O–H groups in total. The first-order valence-corrected chi connectivity index (χ1v) is 7.23. The first kappa shape index (κ1) is 16.3. The number of nitrogens with one attached hydrogen (secondary N) is 1. The van der Waals surface area contributed by atoms with Crippen molar-refractivity contribution in [2.45, 2.75) is 19.1 Å². The van der Waals surface area contributed by atoms with Crippen LogP contribution in [0.2, 0.25) is 4.34 Å². The lowest BCUT2D eigenvalue weighted by Crippen LogP contribution is -2.19. The van der Waals surface area contributed by atoms with Crippen molar-refractivity contribution in [1.82, 2.24) is 5.32 Å². The van der Waals surface area contributed by atoms with E-state index in [2.05, 4.69) is 5.32 Å². The Balaban J connectivity index is 2.51. The first-order valence-electron chi connectivity index (χ1n) is 6.03. The SMILES string of the molecule is CNC(c1cc(C)c(Cl)s1)c1cc(C(F)(F)F)ccc1F. The molecule has 1 aromatic carbocycles. The summed E-state index contributed by atoms with van der Waals surface area (Å²) in [5.74, 6) is -0.690. The highest BCUT2D eigenvalue weighted by atomic mass is 35.5. The highest BCUT2D eigenvalue weighted by Gasteiger charge is 2.32.